The Kier molecular flexibility index (Phi) is 5.23. The predicted molar refractivity (Wildman–Crippen MR) is 88.2 cm³/mol. The second-order valence-corrected chi connectivity index (χ2v) is 5.63. The maximum Gasteiger partial charge on any atom is 0.0513 e. The highest BCUT2D eigenvalue weighted by Crippen LogP contribution is 2.25. The van der Waals surface area contributed by atoms with Crippen molar-refractivity contribution in [3.63, 3.8) is 0 Å². The number of rotatable bonds is 6. The lowest BCUT2D eigenvalue weighted by atomic mass is 10.0. The lowest BCUT2D eigenvalue weighted by molar-refractivity contribution is 0.634. The van der Waals surface area contributed by atoms with Crippen LogP contribution in [0.15, 0.2) is 48.5 Å². The Morgan fingerprint density at radius 2 is 1.60 bits per heavy atom. The summed E-state index contributed by atoms with van der Waals surface area (Å²) in [5.74, 6) is 0. The largest absolute Gasteiger partial charge is 0.378 e. The van der Waals surface area contributed by atoms with Crippen LogP contribution >= 0.6 is 0 Å². The van der Waals surface area contributed by atoms with Gasteiger partial charge < -0.3 is 5.32 Å². The molecule has 2 rings (SSSR count). The average molecular weight is 267 g/mol. The number of aryl methyl sites for hydroxylation is 2. The van der Waals surface area contributed by atoms with E-state index in [1.807, 2.05) is 0 Å². The van der Waals surface area contributed by atoms with E-state index in [1.165, 1.54) is 41.6 Å². The summed E-state index contributed by atoms with van der Waals surface area (Å²) in [6.07, 6.45) is 3.66. The number of nitrogens with one attached hydrogen (secondary N) is 1. The zero-order valence-electron chi connectivity index (χ0n) is 12.8. The van der Waals surface area contributed by atoms with Crippen LogP contribution in [0, 0.1) is 13.8 Å². The Balaban J connectivity index is 2.19. The lowest BCUT2D eigenvalue weighted by Crippen LogP contribution is -2.11. The van der Waals surface area contributed by atoms with Gasteiger partial charge in [0.05, 0.1) is 6.04 Å². The molecule has 0 aromatic heterocycles. The van der Waals surface area contributed by atoms with Crippen molar-refractivity contribution in [2.75, 3.05) is 5.32 Å². The fraction of sp³-hybridized carbons (Fsp3) is 0.368. The summed E-state index contributed by atoms with van der Waals surface area (Å²) >= 11 is 0. The molecule has 0 saturated heterocycles. The first-order chi connectivity index (χ1) is 9.69. The van der Waals surface area contributed by atoms with Gasteiger partial charge in [0, 0.05) is 5.69 Å². The molecule has 1 heteroatoms. The van der Waals surface area contributed by atoms with Gasteiger partial charge in [0.15, 0.2) is 0 Å². The first-order valence-electron chi connectivity index (χ1n) is 7.59. The topological polar surface area (TPSA) is 12.0 Å². The zero-order chi connectivity index (χ0) is 14.4. The Bertz CT molecular complexity index is 510. The molecule has 106 valence electrons. The van der Waals surface area contributed by atoms with Gasteiger partial charge in [-0.25, -0.2) is 0 Å². The Morgan fingerprint density at radius 3 is 2.20 bits per heavy atom. The lowest BCUT2D eigenvalue weighted by Gasteiger charge is -2.21. The molecular formula is C19H25N. The molecule has 0 saturated carbocycles. The number of unbranched alkanes of at least 4 members (excludes halogenated alkanes) is 1. The van der Waals surface area contributed by atoms with Crippen LogP contribution in [0.3, 0.4) is 0 Å². The molecule has 20 heavy (non-hydrogen) atoms. The van der Waals surface area contributed by atoms with Gasteiger partial charge in [-0.2, -0.15) is 0 Å². The van der Waals surface area contributed by atoms with Gasteiger partial charge in [-0.3, -0.25) is 0 Å². The summed E-state index contributed by atoms with van der Waals surface area (Å²) in [4.78, 5) is 0. The minimum atomic E-state index is 0.400. The van der Waals surface area contributed by atoms with E-state index in [2.05, 4.69) is 74.6 Å². The number of benzene rings is 2. The third-order valence-corrected chi connectivity index (χ3v) is 3.61. The molecule has 0 heterocycles. The highest BCUT2D eigenvalue weighted by atomic mass is 14.9. The predicted octanol–water partition coefficient (Wildman–Crippen LogP) is 5.65. The summed E-state index contributed by atoms with van der Waals surface area (Å²) in [6, 6.07) is 17.8. The molecule has 1 N–H and O–H groups in total. The van der Waals surface area contributed by atoms with Crippen LogP contribution in [0.1, 0.15) is 48.9 Å². The average Bonchev–Trinajstić information content (AvgIpc) is 2.43. The van der Waals surface area contributed by atoms with Crippen LogP contribution < -0.4 is 5.32 Å². The Labute approximate surface area is 123 Å². The Morgan fingerprint density at radius 1 is 0.950 bits per heavy atom. The molecule has 0 bridgehead atoms. The second kappa shape index (κ2) is 7.14. The molecule has 2 aromatic carbocycles. The van der Waals surface area contributed by atoms with Crippen molar-refractivity contribution in [2.24, 2.45) is 0 Å². The van der Waals surface area contributed by atoms with E-state index in [0.717, 1.165) is 0 Å². The summed E-state index contributed by atoms with van der Waals surface area (Å²) in [5.41, 5.74) is 5.23. The quantitative estimate of drug-likeness (QED) is 0.713. The van der Waals surface area contributed by atoms with Gasteiger partial charge in [0.25, 0.3) is 0 Å². The van der Waals surface area contributed by atoms with E-state index < -0.39 is 0 Å². The maximum atomic E-state index is 3.71. The van der Waals surface area contributed by atoms with Crippen LogP contribution in [-0.2, 0) is 0 Å². The highest BCUT2D eigenvalue weighted by Gasteiger charge is 2.10. The van der Waals surface area contributed by atoms with Gasteiger partial charge in [0.2, 0.25) is 0 Å². The summed E-state index contributed by atoms with van der Waals surface area (Å²) in [6.45, 7) is 6.56. The SMILES string of the molecule is CCCCC(Nc1cc(C)cc(C)c1)c1ccccc1. The molecule has 0 spiro atoms. The van der Waals surface area contributed by atoms with Crippen LogP contribution in [0.25, 0.3) is 0 Å². The summed E-state index contributed by atoms with van der Waals surface area (Å²) in [7, 11) is 0. The maximum absolute atomic E-state index is 3.71. The highest BCUT2D eigenvalue weighted by molar-refractivity contribution is 5.50. The number of hydrogen-bond acceptors (Lipinski definition) is 1. The van der Waals surface area contributed by atoms with Gasteiger partial charge in [-0.1, -0.05) is 56.2 Å². The van der Waals surface area contributed by atoms with Crippen LogP contribution in [0.2, 0.25) is 0 Å². The van der Waals surface area contributed by atoms with Crippen molar-refractivity contribution in [3.05, 3.63) is 65.2 Å². The van der Waals surface area contributed by atoms with Crippen LogP contribution in [0.4, 0.5) is 5.69 Å². The van der Waals surface area contributed by atoms with Gasteiger partial charge in [0.1, 0.15) is 0 Å². The first-order valence-corrected chi connectivity index (χ1v) is 7.59. The van der Waals surface area contributed by atoms with Crippen LogP contribution in [-0.4, -0.2) is 0 Å². The molecule has 1 atom stereocenters. The van der Waals surface area contributed by atoms with Crippen LogP contribution in [0.5, 0.6) is 0 Å². The third kappa shape index (κ3) is 4.12. The summed E-state index contributed by atoms with van der Waals surface area (Å²) < 4.78 is 0. The van der Waals surface area contributed by atoms with Gasteiger partial charge in [-0.15, -0.1) is 0 Å². The molecule has 0 amide bonds. The molecule has 0 fully saturated rings. The number of hydrogen-bond donors (Lipinski definition) is 1. The molecule has 1 nitrogen and oxygen atoms in total. The number of anilines is 1. The molecule has 0 radical (unpaired) electrons. The molecule has 0 aliphatic rings. The van der Waals surface area contributed by atoms with E-state index in [-0.39, 0.29) is 0 Å². The minimum absolute atomic E-state index is 0.400. The van der Waals surface area contributed by atoms with Gasteiger partial charge >= 0.3 is 0 Å². The van der Waals surface area contributed by atoms with E-state index in [9.17, 15) is 0 Å². The molecule has 0 aliphatic carbocycles. The minimum Gasteiger partial charge on any atom is -0.378 e. The smallest absolute Gasteiger partial charge is 0.0513 e. The van der Waals surface area contributed by atoms with Crippen molar-refractivity contribution in [3.8, 4) is 0 Å². The van der Waals surface area contributed by atoms with Crippen molar-refractivity contribution in [1.29, 1.82) is 0 Å². The van der Waals surface area contributed by atoms with E-state index in [1.54, 1.807) is 0 Å². The monoisotopic (exact) mass is 267 g/mol. The normalized spacial score (nSPS) is 12.2. The standard InChI is InChI=1S/C19H25N/c1-4-5-11-19(17-9-7-6-8-10-17)20-18-13-15(2)12-16(3)14-18/h6-10,12-14,19-20H,4-5,11H2,1-3H3. The zero-order valence-corrected chi connectivity index (χ0v) is 12.8. The second-order valence-electron chi connectivity index (χ2n) is 5.63. The first kappa shape index (κ1) is 14.6. The van der Waals surface area contributed by atoms with E-state index in [4.69, 9.17) is 0 Å². The van der Waals surface area contributed by atoms with E-state index >= 15 is 0 Å². The molecule has 2 aromatic rings. The Hall–Kier alpha value is -1.76. The van der Waals surface area contributed by atoms with Crippen molar-refractivity contribution >= 4 is 5.69 Å². The fourth-order valence-electron chi connectivity index (χ4n) is 2.67. The molecular weight excluding hydrogens is 242 g/mol. The van der Waals surface area contributed by atoms with Crippen molar-refractivity contribution in [2.45, 2.75) is 46.1 Å². The van der Waals surface area contributed by atoms with Crippen molar-refractivity contribution in [1.82, 2.24) is 0 Å². The fourth-order valence-corrected chi connectivity index (χ4v) is 2.67. The van der Waals surface area contributed by atoms with E-state index in [0.29, 0.717) is 6.04 Å². The molecule has 1 unspecified atom stereocenters. The van der Waals surface area contributed by atoms with Crippen molar-refractivity contribution < 1.29 is 0 Å². The third-order valence-electron chi connectivity index (χ3n) is 3.61. The summed E-state index contributed by atoms with van der Waals surface area (Å²) in [5, 5.41) is 3.71. The van der Waals surface area contributed by atoms with Gasteiger partial charge in [-0.05, 0) is 49.1 Å². The molecule has 0 aliphatic heterocycles.